The van der Waals surface area contributed by atoms with Crippen molar-refractivity contribution in [2.24, 2.45) is 11.3 Å². The summed E-state index contributed by atoms with van der Waals surface area (Å²) in [5.41, 5.74) is 0.320. The molecular weight excluding hydrogens is 127 g/mol. The SMILES string of the molecule is CC(C)(C)C1CCC(F)C1. The largest absolute Gasteiger partial charge is 0.247 e. The van der Waals surface area contributed by atoms with Gasteiger partial charge in [0.1, 0.15) is 6.17 Å². The molecule has 1 heteroatoms. The van der Waals surface area contributed by atoms with Crippen LogP contribution in [0.15, 0.2) is 0 Å². The number of hydrogen-bond acceptors (Lipinski definition) is 0. The summed E-state index contributed by atoms with van der Waals surface area (Å²) in [7, 11) is 0. The average Bonchev–Trinajstić information content (AvgIpc) is 2.11. The summed E-state index contributed by atoms with van der Waals surface area (Å²) in [5, 5.41) is 0. The summed E-state index contributed by atoms with van der Waals surface area (Å²) in [4.78, 5) is 0. The maximum absolute atomic E-state index is 12.7. The van der Waals surface area contributed by atoms with Crippen molar-refractivity contribution >= 4 is 0 Å². The highest BCUT2D eigenvalue weighted by Crippen LogP contribution is 2.40. The molecule has 10 heavy (non-hydrogen) atoms. The maximum Gasteiger partial charge on any atom is 0.100 e. The first-order valence-electron chi connectivity index (χ1n) is 4.14. The number of halogens is 1. The molecule has 0 saturated heterocycles. The summed E-state index contributed by atoms with van der Waals surface area (Å²) in [5.74, 6) is 0.613. The zero-order valence-corrected chi connectivity index (χ0v) is 7.15. The lowest BCUT2D eigenvalue weighted by molar-refractivity contribution is 0.226. The van der Waals surface area contributed by atoms with E-state index in [0.717, 1.165) is 19.3 Å². The Hall–Kier alpha value is -0.0700. The van der Waals surface area contributed by atoms with Crippen LogP contribution in [0.2, 0.25) is 0 Å². The predicted molar refractivity (Wildman–Crippen MR) is 41.7 cm³/mol. The minimum atomic E-state index is -0.510. The first kappa shape index (κ1) is 8.03. The van der Waals surface area contributed by atoms with Crippen LogP contribution in [-0.4, -0.2) is 6.17 Å². The van der Waals surface area contributed by atoms with Gasteiger partial charge in [-0.15, -0.1) is 0 Å². The Morgan fingerprint density at radius 1 is 1.20 bits per heavy atom. The lowest BCUT2D eigenvalue weighted by Gasteiger charge is -2.26. The zero-order chi connectivity index (χ0) is 7.78. The van der Waals surface area contributed by atoms with Gasteiger partial charge >= 0.3 is 0 Å². The molecule has 0 amide bonds. The Bertz CT molecular complexity index is 112. The van der Waals surface area contributed by atoms with Crippen molar-refractivity contribution in [1.29, 1.82) is 0 Å². The van der Waals surface area contributed by atoms with Gasteiger partial charge in [-0.3, -0.25) is 0 Å². The van der Waals surface area contributed by atoms with Crippen molar-refractivity contribution in [3.63, 3.8) is 0 Å². The van der Waals surface area contributed by atoms with Gasteiger partial charge in [-0.25, -0.2) is 4.39 Å². The third-order valence-corrected chi connectivity index (χ3v) is 2.59. The number of alkyl halides is 1. The quantitative estimate of drug-likeness (QED) is 0.490. The van der Waals surface area contributed by atoms with Crippen molar-refractivity contribution in [1.82, 2.24) is 0 Å². The van der Waals surface area contributed by atoms with Crippen LogP contribution in [0, 0.1) is 11.3 Å². The van der Waals surface area contributed by atoms with Crippen LogP contribution >= 0.6 is 0 Å². The van der Waals surface area contributed by atoms with Crippen molar-refractivity contribution in [2.45, 2.75) is 46.2 Å². The van der Waals surface area contributed by atoms with Gasteiger partial charge in [-0.1, -0.05) is 20.8 Å². The molecular formula is C9H17F. The molecule has 0 heterocycles. The highest BCUT2D eigenvalue weighted by atomic mass is 19.1. The molecule has 1 fully saturated rings. The van der Waals surface area contributed by atoms with Gasteiger partial charge in [0.15, 0.2) is 0 Å². The average molecular weight is 144 g/mol. The molecule has 1 aliphatic rings. The normalized spacial score (nSPS) is 34.8. The Morgan fingerprint density at radius 2 is 1.80 bits per heavy atom. The van der Waals surface area contributed by atoms with E-state index in [1.54, 1.807) is 0 Å². The fraction of sp³-hybridized carbons (Fsp3) is 1.00. The van der Waals surface area contributed by atoms with E-state index in [1.165, 1.54) is 0 Å². The van der Waals surface area contributed by atoms with Gasteiger partial charge in [0, 0.05) is 0 Å². The van der Waals surface area contributed by atoms with Crippen LogP contribution in [-0.2, 0) is 0 Å². The first-order valence-corrected chi connectivity index (χ1v) is 4.14. The zero-order valence-electron chi connectivity index (χ0n) is 7.15. The summed E-state index contributed by atoms with van der Waals surface area (Å²) < 4.78 is 12.7. The van der Waals surface area contributed by atoms with Crippen molar-refractivity contribution in [2.75, 3.05) is 0 Å². The molecule has 60 valence electrons. The number of rotatable bonds is 0. The topological polar surface area (TPSA) is 0 Å². The molecule has 0 aromatic carbocycles. The molecule has 2 atom stereocenters. The molecule has 1 rings (SSSR count). The van der Waals surface area contributed by atoms with Gasteiger partial charge in [0.25, 0.3) is 0 Å². The lowest BCUT2D eigenvalue weighted by atomic mass is 9.80. The van der Waals surface area contributed by atoms with E-state index in [2.05, 4.69) is 20.8 Å². The summed E-state index contributed by atoms with van der Waals surface area (Å²) >= 11 is 0. The standard InChI is InChI=1S/C9H17F/c1-9(2,3)7-4-5-8(10)6-7/h7-8H,4-6H2,1-3H3. The van der Waals surface area contributed by atoms with E-state index in [0.29, 0.717) is 11.3 Å². The molecule has 0 nitrogen and oxygen atoms in total. The highest BCUT2D eigenvalue weighted by molar-refractivity contribution is 4.83. The second-order valence-electron chi connectivity index (χ2n) is 4.47. The minimum absolute atomic E-state index is 0.320. The van der Waals surface area contributed by atoms with Gasteiger partial charge in [0.2, 0.25) is 0 Å². The van der Waals surface area contributed by atoms with Crippen LogP contribution in [0.3, 0.4) is 0 Å². The van der Waals surface area contributed by atoms with E-state index < -0.39 is 6.17 Å². The molecule has 0 aromatic heterocycles. The monoisotopic (exact) mass is 144 g/mol. The van der Waals surface area contributed by atoms with E-state index >= 15 is 0 Å². The third kappa shape index (κ3) is 1.71. The fourth-order valence-electron chi connectivity index (χ4n) is 1.71. The van der Waals surface area contributed by atoms with E-state index in [9.17, 15) is 4.39 Å². The molecule has 2 unspecified atom stereocenters. The summed E-state index contributed by atoms with van der Waals surface area (Å²) in [6.45, 7) is 6.61. The van der Waals surface area contributed by atoms with Gasteiger partial charge in [-0.2, -0.15) is 0 Å². The molecule has 1 aliphatic carbocycles. The Morgan fingerprint density at radius 3 is 2.00 bits per heavy atom. The minimum Gasteiger partial charge on any atom is -0.247 e. The van der Waals surface area contributed by atoms with Crippen LogP contribution in [0.25, 0.3) is 0 Å². The predicted octanol–water partition coefficient (Wildman–Crippen LogP) is 3.17. The van der Waals surface area contributed by atoms with Gasteiger partial charge in [0.05, 0.1) is 0 Å². The fourth-order valence-corrected chi connectivity index (χ4v) is 1.71. The Kier molecular flexibility index (Phi) is 2.02. The maximum atomic E-state index is 12.7. The second kappa shape index (κ2) is 2.52. The van der Waals surface area contributed by atoms with Crippen molar-refractivity contribution < 1.29 is 4.39 Å². The van der Waals surface area contributed by atoms with E-state index in [1.807, 2.05) is 0 Å². The molecule has 0 aliphatic heterocycles. The Balaban J connectivity index is 2.45. The van der Waals surface area contributed by atoms with Crippen LogP contribution in [0.4, 0.5) is 4.39 Å². The lowest BCUT2D eigenvalue weighted by Crippen LogP contribution is -2.17. The molecule has 0 aromatic rings. The highest BCUT2D eigenvalue weighted by Gasteiger charge is 2.32. The summed E-state index contributed by atoms with van der Waals surface area (Å²) in [6, 6.07) is 0. The molecule has 0 spiro atoms. The van der Waals surface area contributed by atoms with Crippen LogP contribution < -0.4 is 0 Å². The number of hydrogen-bond donors (Lipinski definition) is 0. The first-order chi connectivity index (χ1) is 4.50. The van der Waals surface area contributed by atoms with E-state index in [-0.39, 0.29) is 0 Å². The van der Waals surface area contributed by atoms with Crippen LogP contribution in [0.1, 0.15) is 40.0 Å². The van der Waals surface area contributed by atoms with Gasteiger partial charge in [-0.05, 0) is 30.6 Å². The Labute approximate surface area is 62.8 Å². The summed E-state index contributed by atoms with van der Waals surface area (Å²) in [6.07, 6.45) is 2.17. The molecule has 0 radical (unpaired) electrons. The second-order valence-corrected chi connectivity index (χ2v) is 4.47. The van der Waals surface area contributed by atoms with E-state index in [4.69, 9.17) is 0 Å². The van der Waals surface area contributed by atoms with Gasteiger partial charge < -0.3 is 0 Å². The molecule has 0 bridgehead atoms. The third-order valence-electron chi connectivity index (χ3n) is 2.59. The molecule has 1 saturated carbocycles. The molecule has 0 N–H and O–H groups in total. The van der Waals surface area contributed by atoms with Crippen molar-refractivity contribution in [3.8, 4) is 0 Å². The van der Waals surface area contributed by atoms with Crippen molar-refractivity contribution in [3.05, 3.63) is 0 Å². The smallest absolute Gasteiger partial charge is 0.100 e. The van der Waals surface area contributed by atoms with Crippen LogP contribution in [0.5, 0.6) is 0 Å².